The summed E-state index contributed by atoms with van der Waals surface area (Å²) in [4.78, 5) is 19.5. The van der Waals surface area contributed by atoms with Crippen LogP contribution in [0.1, 0.15) is 38.1 Å². The van der Waals surface area contributed by atoms with Crippen molar-refractivity contribution in [2.45, 2.75) is 56.5 Å². The summed E-state index contributed by atoms with van der Waals surface area (Å²) in [5.41, 5.74) is -3.47. The van der Waals surface area contributed by atoms with Crippen LogP contribution in [0.2, 0.25) is 0 Å². The first-order valence-corrected chi connectivity index (χ1v) is 13.6. The first kappa shape index (κ1) is 28.5. The zero-order valence-corrected chi connectivity index (χ0v) is 21.4. The molecule has 2 aliphatic heterocycles. The van der Waals surface area contributed by atoms with Crippen molar-refractivity contribution >= 4 is 39.8 Å². The van der Waals surface area contributed by atoms with E-state index in [1.165, 1.54) is 12.1 Å². The molecule has 12 heteroatoms. The van der Waals surface area contributed by atoms with Crippen LogP contribution in [0.25, 0.3) is 0 Å². The molecule has 1 amide bonds. The molecule has 0 unspecified atom stereocenters. The van der Waals surface area contributed by atoms with Crippen molar-refractivity contribution in [1.29, 1.82) is 0 Å². The van der Waals surface area contributed by atoms with E-state index in [9.17, 15) is 18.0 Å². The summed E-state index contributed by atoms with van der Waals surface area (Å²) >= 11 is 1.52. The average Bonchev–Trinajstić information content (AvgIpc) is 3.26. The largest absolute Gasteiger partial charge is 0.446 e. The van der Waals surface area contributed by atoms with Crippen LogP contribution in [-0.4, -0.2) is 83.3 Å². The number of hydrogen-bond acceptors (Lipinski definition) is 8. The summed E-state index contributed by atoms with van der Waals surface area (Å²) in [5, 5.41) is 13.7. The van der Waals surface area contributed by atoms with Gasteiger partial charge in [-0.3, -0.25) is 9.69 Å². The number of aryl methyl sites for hydroxylation is 1. The monoisotopic (exact) mass is 544 g/mol. The van der Waals surface area contributed by atoms with Gasteiger partial charge in [-0.15, -0.1) is 10.2 Å². The Morgan fingerprint density at radius 2 is 1.75 bits per heavy atom. The molecule has 0 saturated carbocycles. The summed E-state index contributed by atoms with van der Waals surface area (Å²) in [6, 6.07) is 6.54. The lowest BCUT2D eigenvalue weighted by molar-refractivity contribution is -0.132. The van der Waals surface area contributed by atoms with Gasteiger partial charge < -0.3 is 15.1 Å². The van der Waals surface area contributed by atoms with Gasteiger partial charge in [-0.1, -0.05) is 18.8 Å². The van der Waals surface area contributed by atoms with Gasteiger partial charge in [-0.05, 0) is 68.8 Å². The molecule has 2 saturated heterocycles. The number of halogens is 3. The number of piperidine rings is 1. The molecule has 0 bridgehead atoms. The maximum absolute atomic E-state index is 12.7. The minimum Gasteiger partial charge on any atom is -0.382 e. The fourth-order valence-electron chi connectivity index (χ4n) is 4.45. The Bertz CT molecular complexity index is 956. The molecule has 2 fully saturated rings. The lowest BCUT2D eigenvalue weighted by Gasteiger charge is -2.35. The second-order valence-electron chi connectivity index (χ2n) is 8.91. The molecule has 0 spiro atoms. The number of benzene rings is 1. The molecular weight excluding hydrogens is 509 g/mol. The van der Waals surface area contributed by atoms with E-state index in [4.69, 9.17) is 0 Å². The molecule has 0 radical (unpaired) electrons. The van der Waals surface area contributed by atoms with Crippen LogP contribution >= 0.6 is 23.1 Å². The standard InChI is InChI=1S/C23H31F3N6OS2.CH4/c1-17-28-29-22(34-17)32-15-13-30(14-16-32)10-2-3-21(33)31-11-8-19(9-12-31)27-18-4-6-20(7-5-18)35-23(24,25)26;/h4-7,19,27H,2-3,8-16H2,1H3;1H4. The van der Waals surface area contributed by atoms with Crippen LogP contribution in [0.15, 0.2) is 29.2 Å². The molecule has 1 aromatic heterocycles. The molecule has 7 nitrogen and oxygen atoms in total. The zero-order chi connectivity index (χ0) is 24.8. The molecule has 0 atom stereocenters. The summed E-state index contributed by atoms with van der Waals surface area (Å²) in [6.07, 6.45) is 3.08. The predicted molar refractivity (Wildman–Crippen MR) is 141 cm³/mol. The molecular formula is C24H35F3N6OS2. The number of amides is 1. The third-order valence-electron chi connectivity index (χ3n) is 6.33. The normalized spacial score (nSPS) is 17.7. The number of aromatic nitrogens is 2. The zero-order valence-electron chi connectivity index (χ0n) is 19.8. The summed E-state index contributed by atoms with van der Waals surface area (Å²) in [6.45, 7) is 8.13. The van der Waals surface area contributed by atoms with Crippen LogP contribution in [0, 0.1) is 6.92 Å². The highest BCUT2D eigenvalue weighted by Gasteiger charge is 2.29. The average molecular weight is 545 g/mol. The Kier molecular flexibility index (Phi) is 10.3. The van der Waals surface area contributed by atoms with Crippen molar-refractivity contribution in [3.63, 3.8) is 0 Å². The Morgan fingerprint density at radius 3 is 2.33 bits per heavy atom. The van der Waals surface area contributed by atoms with Crippen LogP contribution < -0.4 is 10.2 Å². The second kappa shape index (κ2) is 13.0. The fourth-order valence-corrected chi connectivity index (χ4v) is 5.73. The number of carbonyl (C=O) groups is 1. The van der Waals surface area contributed by atoms with Gasteiger partial charge in [-0.2, -0.15) is 13.2 Å². The lowest BCUT2D eigenvalue weighted by atomic mass is 10.0. The molecule has 2 aromatic rings. The SMILES string of the molecule is C.Cc1nnc(N2CCN(CCCC(=O)N3CCC(Nc4ccc(SC(F)(F)F)cc4)CC3)CC2)s1. The number of nitrogens with one attached hydrogen (secondary N) is 1. The predicted octanol–water partition coefficient (Wildman–Crippen LogP) is 5.10. The fraction of sp³-hybridized carbons (Fsp3) is 0.625. The van der Waals surface area contributed by atoms with Gasteiger partial charge in [-0.25, -0.2) is 0 Å². The maximum atomic E-state index is 12.7. The van der Waals surface area contributed by atoms with Crippen molar-refractivity contribution in [2.75, 3.05) is 56.0 Å². The highest BCUT2D eigenvalue weighted by atomic mass is 32.2. The lowest BCUT2D eigenvalue weighted by Crippen LogP contribution is -2.47. The molecule has 4 rings (SSSR count). The van der Waals surface area contributed by atoms with E-state index in [2.05, 4.69) is 25.3 Å². The van der Waals surface area contributed by atoms with Crippen molar-refractivity contribution in [1.82, 2.24) is 20.0 Å². The number of anilines is 2. The number of hydrogen-bond donors (Lipinski definition) is 1. The van der Waals surface area contributed by atoms with E-state index in [1.54, 1.807) is 23.5 Å². The number of thioether (sulfide) groups is 1. The second-order valence-corrected chi connectivity index (χ2v) is 11.2. The highest BCUT2D eigenvalue weighted by molar-refractivity contribution is 8.00. The minimum atomic E-state index is -4.28. The molecule has 2 aliphatic rings. The van der Waals surface area contributed by atoms with Crippen LogP contribution in [0.3, 0.4) is 0 Å². The quantitative estimate of drug-likeness (QED) is 0.464. The Hall–Kier alpha value is -2.05. The molecule has 1 N–H and O–H groups in total. The molecule has 0 aliphatic carbocycles. The van der Waals surface area contributed by atoms with E-state index in [0.29, 0.717) is 19.5 Å². The van der Waals surface area contributed by atoms with E-state index in [-0.39, 0.29) is 36.0 Å². The third kappa shape index (κ3) is 8.52. The summed E-state index contributed by atoms with van der Waals surface area (Å²) in [7, 11) is 0. The Balaban J connectivity index is 0.00000361. The van der Waals surface area contributed by atoms with Gasteiger partial charge in [0.2, 0.25) is 11.0 Å². The number of rotatable bonds is 8. The molecule has 200 valence electrons. The first-order valence-electron chi connectivity index (χ1n) is 11.9. The van der Waals surface area contributed by atoms with Crippen molar-refractivity contribution < 1.29 is 18.0 Å². The smallest absolute Gasteiger partial charge is 0.382 e. The molecule has 36 heavy (non-hydrogen) atoms. The topological polar surface area (TPSA) is 64.6 Å². The van der Waals surface area contributed by atoms with Gasteiger partial charge >= 0.3 is 5.51 Å². The summed E-state index contributed by atoms with van der Waals surface area (Å²) in [5.74, 6) is 0.208. The Labute approximate surface area is 219 Å². The van der Waals surface area contributed by atoms with Crippen LogP contribution in [0.4, 0.5) is 24.0 Å². The number of likely N-dealkylation sites (tertiary alicyclic amines) is 1. The van der Waals surface area contributed by atoms with Crippen molar-refractivity contribution in [3.8, 4) is 0 Å². The van der Waals surface area contributed by atoms with Crippen LogP contribution in [0.5, 0.6) is 0 Å². The Morgan fingerprint density at radius 1 is 1.08 bits per heavy atom. The number of carbonyl (C=O) groups excluding carboxylic acids is 1. The van der Waals surface area contributed by atoms with E-state index in [0.717, 1.165) is 67.8 Å². The minimum absolute atomic E-state index is 0. The van der Waals surface area contributed by atoms with Crippen molar-refractivity contribution in [2.24, 2.45) is 0 Å². The third-order valence-corrected chi connectivity index (χ3v) is 7.97. The number of alkyl halides is 3. The van der Waals surface area contributed by atoms with E-state index >= 15 is 0 Å². The highest BCUT2D eigenvalue weighted by Crippen LogP contribution is 2.37. The number of piperazine rings is 1. The van der Waals surface area contributed by atoms with Crippen molar-refractivity contribution in [3.05, 3.63) is 29.3 Å². The van der Waals surface area contributed by atoms with Gasteiger partial charge in [0.1, 0.15) is 5.01 Å². The van der Waals surface area contributed by atoms with Crippen LogP contribution in [-0.2, 0) is 4.79 Å². The summed E-state index contributed by atoms with van der Waals surface area (Å²) < 4.78 is 37.4. The van der Waals surface area contributed by atoms with E-state index < -0.39 is 5.51 Å². The first-order chi connectivity index (χ1) is 16.7. The van der Waals surface area contributed by atoms with Gasteiger partial charge in [0.25, 0.3) is 0 Å². The van der Waals surface area contributed by atoms with E-state index in [1.807, 2.05) is 11.8 Å². The molecule has 1 aromatic carbocycles. The maximum Gasteiger partial charge on any atom is 0.446 e. The van der Waals surface area contributed by atoms with Gasteiger partial charge in [0.05, 0.1) is 0 Å². The van der Waals surface area contributed by atoms with Gasteiger partial charge in [0, 0.05) is 62.3 Å². The number of nitrogens with zero attached hydrogens (tertiary/aromatic N) is 5. The van der Waals surface area contributed by atoms with Gasteiger partial charge in [0.15, 0.2) is 0 Å². The molecule has 3 heterocycles.